The van der Waals surface area contributed by atoms with Crippen LogP contribution in [0.1, 0.15) is 10.4 Å². The first kappa shape index (κ1) is 20.3. The first-order valence-electron chi connectivity index (χ1n) is 10.2. The summed E-state index contributed by atoms with van der Waals surface area (Å²) in [5, 5.41) is 0. The summed E-state index contributed by atoms with van der Waals surface area (Å²) in [4.78, 5) is 25.8. The lowest BCUT2D eigenvalue weighted by Crippen LogP contribution is -2.49. The molecule has 0 saturated carbocycles. The van der Waals surface area contributed by atoms with E-state index in [0.29, 0.717) is 31.7 Å². The molecule has 3 heterocycles. The Morgan fingerprint density at radius 1 is 1.00 bits per heavy atom. The molecule has 0 bridgehead atoms. The van der Waals surface area contributed by atoms with Crippen LogP contribution < -0.4 is 9.64 Å². The fourth-order valence-corrected chi connectivity index (χ4v) is 4.69. The smallest absolute Gasteiger partial charge is 0.253 e. The number of benzene rings is 2. The lowest BCUT2D eigenvalue weighted by atomic mass is 10.1. The van der Waals surface area contributed by atoms with Gasteiger partial charge in [0.25, 0.3) is 5.91 Å². The minimum Gasteiger partial charge on any atom is -0.497 e. The number of piperazine rings is 1. The van der Waals surface area contributed by atoms with E-state index in [2.05, 4.69) is 19.2 Å². The number of anilines is 1. The molecule has 0 unspecified atom stereocenters. The molecule has 5 rings (SSSR count). The first-order chi connectivity index (χ1) is 15.6. The van der Waals surface area contributed by atoms with Crippen molar-refractivity contribution in [2.24, 2.45) is 0 Å². The quantitative estimate of drug-likeness (QED) is 0.471. The zero-order valence-electron chi connectivity index (χ0n) is 17.4. The van der Waals surface area contributed by atoms with Crippen molar-refractivity contribution in [2.45, 2.75) is 0 Å². The number of methoxy groups -OCH3 is 1. The van der Waals surface area contributed by atoms with Crippen molar-refractivity contribution >= 4 is 33.5 Å². The van der Waals surface area contributed by atoms with Gasteiger partial charge in [0.05, 0.1) is 7.11 Å². The van der Waals surface area contributed by atoms with Crippen LogP contribution in [0, 0.1) is 5.82 Å². The van der Waals surface area contributed by atoms with E-state index < -0.39 is 0 Å². The molecule has 1 aliphatic heterocycles. The van der Waals surface area contributed by atoms with Crippen LogP contribution in [0.25, 0.3) is 21.5 Å². The van der Waals surface area contributed by atoms with Crippen molar-refractivity contribution in [3.8, 4) is 17.0 Å². The average Bonchev–Trinajstić information content (AvgIpc) is 3.29. The summed E-state index contributed by atoms with van der Waals surface area (Å²) in [6.45, 7) is 2.52. The zero-order valence-corrected chi connectivity index (χ0v) is 18.2. The van der Waals surface area contributed by atoms with Crippen LogP contribution in [-0.4, -0.2) is 58.4 Å². The van der Waals surface area contributed by atoms with Crippen LogP contribution in [0.15, 0.2) is 54.9 Å². The number of rotatable bonds is 4. The first-order valence-corrected chi connectivity index (χ1v) is 11.0. The Morgan fingerprint density at radius 3 is 2.41 bits per heavy atom. The van der Waals surface area contributed by atoms with Crippen LogP contribution in [0.2, 0.25) is 0 Å². The molecule has 7 nitrogen and oxygen atoms in total. The number of hydrogen-bond donors (Lipinski definition) is 0. The van der Waals surface area contributed by atoms with Crippen molar-refractivity contribution in [2.75, 3.05) is 38.2 Å². The monoisotopic (exact) mass is 449 g/mol. The summed E-state index contributed by atoms with van der Waals surface area (Å²) in [6.07, 6.45) is 1.54. The lowest BCUT2D eigenvalue weighted by molar-refractivity contribution is 0.0746. The Labute approximate surface area is 188 Å². The highest BCUT2D eigenvalue weighted by molar-refractivity contribution is 7.14. The average molecular weight is 450 g/mol. The Hall–Kier alpha value is -3.59. The number of amides is 1. The van der Waals surface area contributed by atoms with Gasteiger partial charge in [-0.1, -0.05) is 0 Å². The molecular weight excluding hydrogens is 429 g/mol. The molecule has 1 saturated heterocycles. The number of carbonyl (C=O) groups excluding carboxylic acids is 1. The second kappa shape index (κ2) is 8.51. The molecule has 1 aliphatic rings. The predicted molar refractivity (Wildman–Crippen MR) is 122 cm³/mol. The highest BCUT2D eigenvalue weighted by Gasteiger charge is 2.25. The SMILES string of the molecule is COc1ccc(C(=O)N2CCN(c3ncnc4c(-c5ccc(F)cc5)nsc34)CC2)cc1. The van der Waals surface area contributed by atoms with Crippen LogP contribution in [0.4, 0.5) is 10.2 Å². The van der Waals surface area contributed by atoms with E-state index >= 15 is 0 Å². The summed E-state index contributed by atoms with van der Waals surface area (Å²) < 4.78 is 23.9. The standard InChI is InChI=1S/C23H20FN5O2S/c1-31-18-8-4-16(5-9-18)23(30)29-12-10-28(11-13-29)22-21-20(25-14-26-22)19(27-32-21)15-2-6-17(24)7-3-15/h2-9,14H,10-13H2,1H3. The maximum atomic E-state index is 13.3. The molecule has 1 amide bonds. The Bertz CT molecular complexity index is 1250. The second-order valence-corrected chi connectivity index (χ2v) is 8.19. The van der Waals surface area contributed by atoms with Gasteiger partial charge in [-0.05, 0) is 60.1 Å². The van der Waals surface area contributed by atoms with Gasteiger partial charge in [0.1, 0.15) is 33.8 Å². The van der Waals surface area contributed by atoms with Gasteiger partial charge >= 0.3 is 0 Å². The number of halogens is 1. The molecular formula is C23H20FN5O2S. The lowest BCUT2D eigenvalue weighted by Gasteiger charge is -2.35. The predicted octanol–water partition coefficient (Wildman–Crippen LogP) is 3.86. The van der Waals surface area contributed by atoms with E-state index in [1.165, 1.54) is 30.0 Å². The Kier molecular flexibility index (Phi) is 5.40. The molecule has 0 aliphatic carbocycles. The van der Waals surface area contributed by atoms with Gasteiger partial charge in [0.2, 0.25) is 0 Å². The van der Waals surface area contributed by atoms with Gasteiger partial charge in [-0.2, -0.15) is 4.37 Å². The highest BCUT2D eigenvalue weighted by Crippen LogP contribution is 2.34. The summed E-state index contributed by atoms with van der Waals surface area (Å²) in [5.74, 6) is 1.27. The van der Waals surface area contributed by atoms with Crippen molar-refractivity contribution in [1.82, 2.24) is 19.2 Å². The molecule has 2 aromatic carbocycles. The van der Waals surface area contributed by atoms with Crippen LogP contribution >= 0.6 is 11.5 Å². The van der Waals surface area contributed by atoms with Gasteiger partial charge in [-0.25, -0.2) is 14.4 Å². The van der Waals surface area contributed by atoms with Crippen LogP contribution in [0.3, 0.4) is 0 Å². The number of carbonyl (C=O) groups is 1. The third-order valence-corrected chi connectivity index (χ3v) is 6.39. The van der Waals surface area contributed by atoms with Gasteiger partial charge in [-0.3, -0.25) is 4.79 Å². The molecule has 0 radical (unpaired) electrons. The number of hydrogen-bond acceptors (Lipinski definition) is 7. The third-order valence-electron chi connectivity index (χ3n) is 5.56. The second-order valence-electron chi connectivity index (χ2n) is 7.42. The maximum absolute atomic E-state index is 13.3. The van der Waals surface area contributed by atoms with Crippen molar-refractivity contribution < 1.29 is 13.9 Å². The van der Waals surface area contributed by atoms with Crippen LogP contribution in [0.5, 0.6) is 5.75 Å². The van der Waals surface area contributed by atoms with E-state index in [1.54, 1.807) is 43.5 Å². The highest BCUT2D eigenvalue weighted by atomic mass is 32.1. The van der Waals surface area contributed by atoms with Gasteiger partial charge in [0.15, 0.2) is 5.82 Å². The summed E-state index contributed by atoms with van der Waals surface area (Å²) in [6, 6.07) is 13.4. The van der Waals surface area contributed by atoms with E-state index in [0.717, 1.165) is 33.0 Å². The molecule has 0 spiro atoms. The normalized spacial score (nSPS) is 14.1. The van der Waals surface area contributed by atoms with E-state index in [-0.39, 0.29) is 11.7 Å². The van der Waals surface area contributed by atoms with Gasteiger partial charge < -0.3 is 14.5 Å². The maximum Gasteiger partial charge on any atom is 0.253 e. The molecule has 32 heavy (non-hydrogen) atoms. The number of aromatic nitrogens is 3. The van der Waals surface area contributed by atoms with Crippen molar-refractivity contribution in [1.29, 1.82) is 0 Å². The van der Waals surface area contributed by atoms with Crippen LogP contribution in [-0.2, 0) is 0 Å². The third kappa shape index (κ3) is 3.75. The van der Waals surface area contributed by atoms with Gasteiger partial charge in [0, 0.05) is 37.3 Å². The number of fused-ring (bicyclic) bond motifs is 1. The van der Waals surface area contributed by atoms with Crippen molar-refractivity contribution in [3.05, 3.63) is 66.2 Å². The Balaban J connectivity index is 1.33. The van der Waals surface area contributed by atoms with E-state index in [1.807, 2.05) is 4.90 Å². The summed E-state index contributed by atoms with van der Waals surface area (Å²) >= 11 is 1.34. The molecule has 0 atom stereocenters. The molecule has 9 heteroatoms. The number of ether oxygens (including phenoxy) is 1. The molecule has 1 fully saturated rings. The van der Waals surface area contributed by atoms with Crippen molar-refractivity contribution in [3.63, 3.8) is 0 Å². The molecule has 162 valence electrons. The zero-order chi connectivity index (χ0) is 22.1. The summed E-state index contributed by atoms with van der Waals surface area (Å²) in [7, 11) is 1.60. The largest absolute Gasteiger partial charge is 0.497 e. The molecule has 4 aromatic rings. The molecule has 0 N–H and O–H groups in total. The summed E-state index contributed by atoms with van der Waals surface area (Å²) in [5.41, 5.74) is 2.94. The van der Waals surface area contributed by atoms with Gasteiger partial charge in [-0.15, -0.1) is 0 Å². The number of nitrogens with zero attached hydrogens (tertiary/aromatic N) is 5. The fraction of sp³-hybridized carbons (Fsp3) is 0.217. The topological polar surface area (TPSA) is 71.5 Å². The molecule has 2 aromatic heterocycles. The minimum atomic E-state index is -0.286. The van der Waals surface area contributed by atoms with E-state index in [4.69, 9.17) is 4.74 Å². The minimum absolute atomic E-state index is 0.0107. The van der Waals surface area contributed by atoms with E-state index in [9.17, 15) is 9.18 Å². The Morgan fingerprint density at radius 2 is 1.72 bits per heavy atom. The fourth-order valence-electron chi connectivity index (χ4n) is 3.81.